The van der Waals surface area contributed by atoms with Gasteiger partial charge in [-0.15, -0.1) is 18.2 Å². The molecule has 0 amide bonds. The van der Waals surface area contributed by atoms with Gasteiger partial charge >= 0.3 is 0 Å². The molecule has 0 saturated heterocycles. The van der Waals surface area contributed by atoms with E-state index in [4.69, 9.17) is 26.1 Å². The van der Waals surface area contributed by atoms with Crippen molar-refractivity contribution >= 4 is 34.1 Å². The van der Waals surface area contributed by atoms with Crippen LogP contribution in [-0.2, 0) is 13.0 Å². The molecular formula is C27H27ClN4O2. The minimum atomic E-state index is 0.440. The Balaban J connectivity index is 2.00. The van der Waals surface area contributed by atoms with E-state index in [2.05, 4.69) is 21.9 Å². The average molecular weight is 475 g/mol. The third kappa shape index (κ3) is 4.04. The highest BCUT2D eigenvalue weighted by Gasteiger charge is 2.24. The van der Waals surface area contributed by atoms with Crippen LogP contribution in [0.5, 0.6) is 11.5 Å². The Hall–Kier alpha value is -3.69. The molecule has 0 aliphatic heterocycles. The highest BCUT2D eigenvalue weighted by molar-refractivity contribution is 6.18. The van der Waals surface area contributed by atoms with Gasteiger partial charge in [-0.2, -0.15) is 5.26 Å². The quantitative estimate of drug-likeness (QED) is 0.231. The third-order valence-electron chi connectivity index (χ3n) is 6.02. The van der Waals surface area contributed by atoms with Crippen molar-refractivity contribution in [3.63, 3.8) is 0 Å². The molecule has 174 valence electrons. The van der Waals surface area contributed by atoms with Gasteiger partial charge in [0, 0.05) is 19.0 Å². The van der Waals surface area contributed by atoms with Crippen molar-refractivity contribution in [3.05, 3.63) is 77.4 Å². The Kier molecular flexibility index (Phi) is 6.95. The fraction of sp³-hybridized carbons (Fsp3) is 0.259. The number of nitriles is 1. The summed E-state index contributed by atoms with van der Waals surface area (Å²) < 4.78 is 13.0. The summed E-state index contributed by atoms with van der Waals surface area (Å²) in [6.45, 7) is 7.16. The standard InChI is InChI=1S/C27H27ClN4O2/c1-5-14-31(17-19-10-11-24(33-3)25(15-19)34-4)27-20(12-13-28)18(2)21(16-29)26-30-22-8-6-7-9-23(22)32(26)27/h5-11,15H,1,12-14,17H2,2-4H3. The van der Waals surface area contributed by atoms with E-state index >= 15 is 0 Å². The number of para-hydroxylation sites is 2. The molecule has 2 heterocycles. The molecule has 0 fully saturated rings. The number of hydrogen-bond donors (Lipinski definition) is 0. The predicted molar refractivity (Wildman–Crippen MR) is 137 cm³/mol. The Morgan fingerprint density at radius 3 is 2.62 bits per heavy atom. The van der Waals surface area contributed by atoms with Crippen LogP contribution in [0.2, 0.25) is 0 Å². The summed E-state index contributed by atoms with van der Waals surface area (Å²) in [7, 11) is 3.26. The minimum Gasteiger partial charge on any atom is -0.493 e. The van der Waals surface area contributed by atoms with E-state index in [-0.39, 0.29) is 0 Å². The van der Waals surface area contributed by atoms with Crippen LogP contribution in [0.3, 0.4) is 0 Å². The number of aromatic nitrogens is 2. The molecule has 6 nitrogen and oxygen atoms in total. The first-order valence-corrected chi connectivity index (χ1v) is 11.6. The number of alkyl halides is 1. The Morgan fingerprint density at radius 2 is 1.94 bits per heavy atom. The molecule has 0 atom stereocenters. The maximum Gasteiger partial charge on any atom is 0.161 e. The largest absolute Gasteiger partial charge is 0.493 e. The molecule has 0 saturated carbocycles. The van der Waals surface area contributed by atoms with Crippen molar-refractivity contribution in [1.29, 1.82) is 5.26 Å². The zero-order chi connectivity index (χ0) is 24.2. The summed E-state index contributed by atoms with van der Waals surface area (Å²) in [4.78, 5) is 7.07. The number of methoxy groups -OCH3 is 2. The average Bonchev–Trinajstić information content (AvgIpc) is 3.23. The van der Waals surface area contributed by atoms with E-state index in [1.165, 1.54) is 0 Å². The van der Waals surface area contributed by atoms with Crippen LogP contribution in [0, 0.1) is 18.3 Å². The summed E-state index contributed by atoms with van der Waals surface area (Å²) in [5.41, 5.74) is 6.00. The van der Waals surface area contributed by atoms with Crippen LogP contribution in [0.25, 0.3) is 16.7 Å². The van der Waals surface area contributed by atoms with E-state index in [9.17, 15) is 5.26 Å². The number of imidazole rings is 1. The molecule has 0 bridgehead atoms. The Labute approximate surface area is 204 Å². The third-order valence-corrected chi connectivity index (χ3v) is 6.21. The van der Waals surface area contributed by atoms with Crippen molar-refractivity contribution in [2.45, 2.75) is 19.9 Å². The summed E-state index contributed by atoms with van der Waals surface area (Å²) in [6.07, 6.45) is 2.50. The lowest BCUT2D eigenvalue weighted by Crippen LogP contribution is -2.27. The fourth-order valence-corrected chi connectivity index (χ4v) is 4.66. The zero-order valence-corrected chi connectivity index (χ0v) is 20.4. The van der Waals surface area contributed by atoms with Crippen molar-refractivity contribution < 1.29 is 9.47 Å². The van der Waals surface area contributed by atoms with E-state index in [1.54, 1.807) is 14.2 Å². The number of hydrogen-bond acceptors (Lipinski definition) is 5. The van der Waals surface area contributed by atoms with Gasteiger partial charge in [0.2, 0.25) is 0 Å². The molecule has 2 aromatic carbocycles. The molecule has 0 N–H and O–H groups in total. The smallest absolute Gasteiger partial charge is 0.161 e. The lowest BCUT2D eigenvalue weighted by molar-refractivity contribution is 0.354. The molecule has 7 heteroatoms. The molecule has 2 aromatic heterocycles. The van der Waals surface area contributed by atoms with Gasteiger partial charge in [0.15, 0.2) is 17.1 Å². The topological polar surface area (TPSA) is 62.8 Å². The monoisotopic (exact) mass is 474 g/mol. The van der Waals surface area contributed by atoms with Crippen LogP contribution < -0.4 is 14.4 Å². The number of benzene rings is 2. The molecule has 0 aliphatic carbocycles. The summed E-state index contributed by atoms with van der Waals surface area (Å²) in [5, 5.41) is 10.0. The van der Waals surface area contributed by atoms with Crippen LogP contribution >= 0.6 is 11.6 Å². The van der Waals surface area contributed by atoms with E-state index in [1.807, 2.05) is 55.5 Å². The molecule has 0 aliphatic rings. The minimum absolute atomic E-state index is 0.440. The summed E-state index contributed by atoms with van der Waals surface area (Å²) >= 11 is 6.26. The SMILES string of the molecule is C=CCN(Cc1ccc(OC)c(OC)c1)c1c(CCCl)c(C)c(C#N)c2nc3ccccc3n12. The second-order valence-corrected chi connectivity index (χ2v) is 8.35. The fourth-order valence-electron chi connectivity index (χ4n) is 4.47. The number of pyridine rings is 1. The maximum atomic E-state index is 10.0. The van der Waals surface area contributed by atoms with Crippen LogP contribution in [-0.4, -0.2) is 36.0 Å². The van der Waals surface area contributed by atoms with Gasteiger partial charge in [0.25, 0.3) is 0 Å². The van der Waals surface area contributed by atoms with Crippen molar-refractivity contribution in [1.82, 2.24) is 9.38 Å². The van der Waals surface area contributed by atoms with Crippen molar-refractivity contribution in [3.8, 4) is 17.6 Å². The van der Waals surface area contributed by atoms with E-state index < -0.39 is 0 Å². The highest BCUT2D eigenvalue weighted by Crippen LogP contribution is 2.35. The maximum absolute atomic E-state index is 10.0. The van der Waals surface area contributed by atoms with Crippen molar-refractivity contribution in [2.75, 3.05) is 31.5 Å². The first kappa shape index (κ1) is 23.5. The second-order valence-electron chi connectivity index (χ2n) is 7.97. The summed E-state index contributed by atoms with van der Waals surface area (Å²) in [6, 6.07) is 16.2. The normalized spacial score (nSPS) is 10.9. The number of anilines is 1. The first-order chi connectivity index (χ1) is 16.6. The van der Waals surface area contributed by atoms with Crippen LogP contribution in [0.15, 0.2) is 55.1 Å². The van der Waals surface area contributed by atoms with E-state index in [0.29, 0.717) is 48.1 Å². The molecule has 0 spiro atoms. The number of ether oxygens (including phenoxy) is 2. The highest BCUT2D eigenvalue weighted by atomic mass is 35.5. The molecule has 0 radical (unpaired) electrons. The Bertz CT molecular complexity index is 1400. The van der Waals surface area contributed by atoms with Gasteiger partial charge in [-0.3, -0.25) is 4.40 Å². The van der Waals surface area contributed by atoms with Gasteiger partial charge < -0.3 is 14.4 Å². The van der Waals surface area contributed by atoms with Gasteiger partial charge in [0.05, 0.1) is 30.8 Å². The lowest BCUT2D eigenvalue weighted by Gasteiger charge is -2.29. The van der Waals surface area contributed by atoms with Gasteiger partial charge in [-0.05, 0) is 54.3 Å². The van der Waals surface area contributed by atoms with Crippen LogP contribution in [0.4, 0.5) is 5.82 Å². The molecule has 34 heavy (non-hydrogen) atoms. The number of rotatable bonds is 9. The summed E-state index contributed by atoms with van der Waals surface area (Å²) in [5.74, 6) is 2.76. The number of nitrogens with zero attached hydrogens (tertiary/aromatic N) is 4. The molecular weight excluding hydrogens is 448 g/mol. The number of halogens is 1. The zero-order valence-electron chi connectivity index (χ0n) is 19.6. The van der Waals surface area contributed by atoms with Crippen LogP contribution in [0.1, 0.15) is 22.3 Å². The molecule has 0 unspecified atom stereocenters. The van der Waals surface area contributed by atoms with Gasteiger partial charge in [-0.25, -0.2) is 4.98 Å². The van der Waals surface area contributed by atoms with Gasteiger partial charge in [0.1, 0.15) is 11.9 Å². The lowest BCUT2D eigenvalue weighted by atomic mass is 10.0. The van der Waals surface area contributed by atoms with E-state index in [0.717, 1.165) is 33.5 Å². The first-order valence-electron chi connectivity index (χ1n) is 11.0. The van der Waals surface area contributed by atoms with Crippen molar-refractivity contribution in [2.24, 2.45) is 0 Å². The predicted octanol–water partition coefficient (Wildman–Crippen LogP) is 5.66. The molecule has 4 rings (SSSR count). The second kappa shape index (κ2) is 10.1. The van der Waals surface area contributed by atoms with Gasteiger partial charge in [-0.1, -0.05) is 24.3 Å². The Morgan fingerprint density at radius 1 is 1.18 bits per heavy atom. The molecule has 4 aromatic rings. The number of fused-ring (bicyclic) bond motifs is 3.